The minimum Gasteiger partial charge on any atom is -0.392 e. The normalized spacial score (nSPS) is 13.1. The molecule has 0 bridgehead atoms. The molecule has 1 N–H and O–H groups in total. The van der Waals surface area contributed by atoms with Crippen LogP contribution in [0.15, 0.2) is 30.3 Å². The van der Waals surface area contributed by atoms with Gasteiger partial charge in [-0.3, -0.25) is 4.90 Å². The van der Waals surface area contributed by atoms with Gasteiger partial charge in [0.05, 0.1) is 6.10 Å². The SMILES string of the molecule is CCCN(Cc1ccccc1)CC(C)O. The summed E-state index contributed by atoms with van der Waals surface area (Å²) in [4.78, 5) is 2.29. The zero-order valence-corrected chi connectivity index (χ0v) is 9.69. The summed E-state index contributed by atoms with van der Waals surface area (Å²) >= 11 is 0. The lowest BCUT2D eigenvalue weighted by atomic mass is 10.2. The van der Waals surface area contributed by atoms with Crippen LogP contribution in [0, 0.1) is 0 Å². The Hall–Kier alpha value is -0.860. The summed E-state index contributed by atoms with van der Waals surface area (Å²) in [7, 11) is 0. The molecule has 0 spiro atoms. The highest BCUT2D eigenvalue weighted by atomic mass is 16.3. The van der Waals surface area contributed by atoms with Crippen LogP contribution < -0.4 is 0 Å². The zero-order valence-electron chi connectivity index (χ0n) is 9.69. The Bertz CT molecular complexity index is 258. The van der Waals surface area contributed by atoms with E-state index in [1.807, 2.05) is 13.0 Å². The molecular formula is C13H21NO. The maximum atomic E-state index is 9.39. The summed E-state index contributed by atoms with van der Waals surface area (Å²) in [5, 5.41) is 9.39. The predicted octanol–water partition coefficient (Wildman–Crippen LogP) is 2.28. The van der Waals surface area contributed by atoms with Gasteiger partial charge in [-0.25, -0.2) is 0 Å². The minimum atomic E-state index is -0.250. The lowest BCUT2D eigenvalue weighted by Gasteiger charge is -2.23. The second-order valence-electron chi connectivity index (χ2n) is 4.07. The highest BCUT2D eigenvalue weighted by Gasteiger charge is 2.07. The van der Waals surface area contributed by atoms with Crippen molar-refractivity contribution in [2.75, 3.05) is 13.1 Å². The molecular weight excluding hydrogens is 186 g/mol. The van der Waals surface area contributed by atoms with E-state index >= 15 is 0 Å². The molecule has 1 rings (SSSR count). The third-order valence-electron chi connectivity index (χ3n) is 2.31. The van der Waals surface area contributed by atoms with Crippen LogP contribution >= 0.6 is 0 Å². The highest BCUT2D eigenvalue weighted by molar-refractivity contribution is 5.14. The monoisotopic (exact) mass is 207 g/mol. The Morgan fingerprint density at radius 1 is 1.27 bits per heavy atom. The first-order valence-corrected chi connectivity index (χ1v) is 5.66. The van der Waals surface area contributed by atoms with Gasteiger partial charge in [0, 0.05) is 13.1 Å². The Morgan fingerprint density at radius 3 is 2.47 bits per heavy atom. The second-order valence-corrected chi connectivity index (χ2v) is 4.07. The Morgan fingerprint density at radius 2 is 1.93 bits per heavy atom. The number of aliphatic hydroxyl groups excluding tert-OH is 1. The molecule has 0 saturated carbocycles. The number of aliphatic hydroxyl groups is 1. The van der Waals surface area contributed by atoms with Gasteiger partial charge in [0.1, 0.15) is 0 Å². The molecule has 0 saturated heterocycles. The van der Waals surface area contributed by atoms with Gasteiger partial charge in [-0.15, -0.1) is 0 Å². The van der Waals surface area contributed by atoms with Crippen molar-refractivity contribution >= 4 is 0 Å². The first kappa shape index (κ1) is 12.2. The van der Waals surface area contributed by atoms with Crippen LogP contribution in [0.1, 0.15) is 25.8 Å². The van der Waals surface area contributed by atoms with Gasteiger partial charge in [0.2, 0.25) is 0 Å². The van der Waals surface area contributed by atoms with E-state index in [4.69, 9.17) is 0 Å². The molecule has 0 aliphatic carbocycles. The van der Waals surface area contributed by atoms with Crippen molar-refractivity contribution in [3.63, 3.8) is 0 Å². The molecule has 0 aliphatic rings. The van der Waals surface area contributed by atoms with E-state index in [-0.39, 0.29) is 6.10 Å². The Kier molecular flexibility index (Phi) is 5.37. The van der Waals surface area contributed by atoms with Crippen LogP contribution in [0.4, 0.5) is 0 Å². The fourth-order valence-electron chi connectivity index (χ4n) is 1.77. The van der Waals surface area contributed by atoms with E-state index in [1.54, 1.807) is 0 Å². The van der Waals surface area contributed by atoms with Crippen molar-refractivity contribution in [2.24, 2.45) is 0 Å². The third kappa shape index (κ3) is 4.96. The van der Waals surface area contributed by atoms with E-state index in [2.05, 4.69) is 36.1 Å². The van der Waals surface area contributed by atoms with Gasteiger partial charge in [-0.2, -0.15) is 0 Å². The lowest BCUT2D eigenvalue weighted by molar-refractivity contribution is 0.122. The molecule has 84 valence electrons. The molecule has 1 unspecified atom stereocenters. The maximum absolute atomic E-state index is 9.39. The van der Waals surface area contributed by atoms with E-state index in [1.165, 1.54) is 5.56 Å². The van der Waals surface area contributed by atoms with Gasteiger partial charge in [0.15, 0.2) is 0 Å². The molecule has 0 aliphatic heterocycles. The fourth-order valence-corrected chi connectivity index (χ4v) is 1.77. The molecule has 0 fully saturated rings. The van der Waals surface area contributed by atoms with E-state index < -0.39 is 0 Å². The van der Waals surface area contributed by atoms with E-state index in [9.17, 15) is 5.11 Å². The summed E-state index contributed by atoms with van der Waals surface area (Å²) in [5.74, 6) is 0. The van der Waals surface area contributed by atoms with Crippen molar-refractivity contribution in [1.29, 1.82) is 0 Å². The maximum Gasteiger partial charge on any atom is 0.0639 e. The fraction of sp³-hybridized carbons (Fsp3) is 0.538. The summed E-state index contributed by atoms with van der Waals surface area (Å²) in [6.45, 7) is 6.73. The summed E-state index contributed by atoms with van der Waals surface area (Å²) in [6.07, 6.45) is 0.875. The Labute approximate surface area is 92.5 Å². The topological polar surface area (TPSA) is 23.5 Å². The zero-order chi connectivity index (χ0) is 11.1. The number of rotatable bonds is 6. The molecule has 1 aromatic rings. The largest absolute Gasteiger partial charge is 0.392 e. The summed E-state index contributed by atoms with van der Waals surface area (Å²) in [6, 6.07) is 10.4. The number of nitrogens with zero attached hydrogens (tertiary/aromatic N) is 1. The van der Waals surface area contributed by atoms with Crippen LogP contribution in [0.5, 0.6) is 0 Å². The van der Waals surface area contributed by atoms with Gasteiger partial charge in [0.25, 0.3) is 0 Å². The van der Waals surface area contributed by atoms with Crippen molar-refractivity contribution in [1.82, 2.24) is 4.90 Å². The molecule has 0 radical (unpaired) electrons. The van der Waals surface area contributed by atoms with Crippen molar-refractivity contribution in [2.45, 2.75) is 32.9 Å². The molecule has 15 heavy (non-hydrogen) atoms. The van der Waals surface area contributed by atoms with Crippen LogP contribution in [-0.2, 0) is 6.54 Å². The van der Waals surface area contributed by atoms with Gasteiger partial charge >= 0.3 is 0 Å². The van der Waals surface area contributed by atoms with Crippen molar-refractivity contribution in [3.8, 4) is 0 Å². The number of benzene rings is 1. The quantitative estimate of drug-likeness (QED) is 0.773. The molecule has 0 heterocycles. The molecule has 0 aromatic heterocycles. The van der Waals surface area contributed by atoms with Gasteiger partial charge in [-0.1, -0.05) is 37.3 Å². The van der Waals surface area contributed by atoms with Gasteiger partial charge in [-0.05, 0) is 25.5 Å². The van der Waals surface area contributed by atoms with Crippen LogP contribution in [-0.4, -0.2) is 29.2 Å². The smallest absolute Gasteiger partial charge is 0.0639 e. The summed E-state index contributed by atoms with van der Waals surface area (Å²) < 4.78 is 0. The molecule has 0 amide bonds. The van der Waals surface area contributed by atoms with E-state index in [0.717, 1.165) is 26.1 Å². The number of hydrogen-bond acceptors (Lipinski definition) is 2. The van der Waals surface area contributed by atoms with Crippen molar-refractivity contribution in [3.05, 3.63) is 35.9 Å². The predicted molar refractivity (Wildman–Crippen MR) is 63.7 cm³/mol. The molecule has 1 atom stereocenters. The first-order valence-electron chi connectivity index (χ1n) is 5.66. The molecule has 2 nitrogen and oxygen atoms in total. The van der Waals surface area contributed by atoms with Crippen molar-refractivity contribution < 1.29 is 5.11 Å². The highest BCUT2D eigenvalue weighted by Crippen LogP contribution is 2.05. The Balaban J connectivity index is 2.50. The third-order valence-corrected chi connectivity index (χ3v) is 2.31. The average molecular weight is 207 g/mol. The number of hydrogen-bond donors (Lipinski definition) is 1. The van der Waals surface area contributed by atoms with E-state index in [0.29, 0.717) is 0 Å². The summed E-state index contributed by atoms with van der Waals surface area (Å²) in [5.41, 5.74) is 1.31. The molecule has 1 aromatic carbocycles. The van der Waals surface area contributed by atoms with Crippen LogP contribution in [0.3, 0.4) is 0 Å². The average Bonchev–Trinajstić information content (AvgIpc) is 2.18. The lowest BCUT2D eigenvalue weighted by Crippen LogP contribution is -2.31. The first-order chi connectivity index (χ1) is 7.22. The van der Waals surface area contributed by atoms with Crippen LogP contribution in [0.25, 0.3) is 0 Å². The molecule has 2 heteroatoms. The minimum absolute atomic E-state index is 0.250. The van der Waals surface area contributed by atoms with Crippen LogP contribution in [0.2, 0.25) is 0 Å². The second kappa shape index (κ2) is 6.59. The van der Waals surface area contributed by atoms with Gasteiger partial charge < -0.3 is 5.11 Å². The standard InChI is InChI=1S/C13H21NO/c1-3-9-14(10-12(2)15)11-13-7-5-4-6-8-13/h4-8,12,15H,3,9-11H2,1-2H3.